The number of hydrogen-bond acceptors (Lipinski definition) is 6. The first-order chi connectivity index (χ1) is 29.4. The third kappa shape index (κ3) is 6.88. The zero-order valence-electron chi connectivity index (χ0n) is 37.1. The van der Waals surface area contributed by atoms with Crippen molar-refractivity contribution in [2.45, 2.75) is 86.5 Å². The lowest BCUT2D eigenvalue weighted by Crippen LogP contribution is -2.45. The Morgan fingerprint density at radius 3 is 1.98 bits per heavy atom. The molecule has 1 aliphatic rings. The smallest absolute Gasteiger partial charge is 0.283 e. The molecule has 7 heteroatoms. The molecule has 0 atom stereocenters. The Balaban J connectivity index is 1.15. The van der Waals surface area contributed by atoms with Gasteiger partial charge in [0.05, 0.1) is 16.5 Å². The van der Waals surface area contributed by atoms with E-state index in [-0.39, 0.29) is 27.6 Å². The van der Waals surface area contributed by atoms with E-state index in [9.17, 15) is 5.21 Å². The van der Waals surface area contributed by atoms with E-state index in [1.54, 1.807) is 6.20 Å². The van der Waals surface area contributed by atoms with Gasteiger partial charge in [0.1, 0.15) is 22.4 Å². The van der Waals surface area contributed by atoms with Gasteiger partial charge in [-0.1, -0.05) is 123 Å². The van der Waals surface area contributed by atoms with Crippen molar-refractivity contribution in [1.82, 2.24) is 9.97 Å². The molecule has 5 heterocycles. The first-order valence-corrected chi connectivity index (χ1v) is 21.7. The van der Waals surface area contributed by atoms with Gasteiger partial charge >= 0.3 is 0 Å². The molecule has 1 saturated carbocycles. The quantitative estimate of drug-likeness (QED) is 0.127. The zero-order chi connectivity index (χ0) is 43.3. The topological polar surface area (TPSA) is 85.4 Å². The monoisotopic (exact) mass is 820 g/mol. The van der Waals surface area contributed by atoms with Crippen LogP contribution in [0.3, 0.4) is 0 Å². The molecular weight excluding hydrogens is 767 g/mol. The van der Waals surface area contributed by atoms with Crippen LogP contribution in [0.1, 0.15) is 92.2 Å². The van der Waals surface area contributed by atoms with Crippen LogP contribution in [-0.2, 0) is 5.41 Å². The number of hydrogen-bond donors (Lipinski definition) is 1. The van der Waals surface area contributed by atoms with Gasteiger partial charge in [-0.25, -0.2) is 4.98 Å². The number of nitrogens with zero attached hydrogens (tertiary/aromatic N) is 3. The molecule has 1 aliphatic carbocycles. The standard InChI is InChI=1S/C55H54N3O4/c1-52(2,3)38-22-24-56-40(29-38)39-30-45(50-48-47-43(61-49(39)48)16-13-17-44(47)62-50)60-46-28-37(35-20-18-34(19-21-35)33-14-11-10-12-15-33)26-41(57-46)42-27-36(23-25-58(42)59)51-54(6,7)31-53(4,5)32-55(51,8)9/h10-30,51,59H,31-32H2,1-9H3/q+1. The maximum atomic E-state index is 11.6. The van der Waals surface area contributed by atoms with Crippen LogP contribution >= 0.6 is 0 Å². The molecule has 4 aromatic carbocycles. The molecule has 0 amide bonds. The van der Waals surface area contributed by atoms with Crippen LogP contribution in [0.15, 0.2) is 136 Å². The molecule has 0 bridgehead atoms. The van der Waals surface area contributed by atoms with Crippen molar-refractivity contribution in [2.75, 3.05) is 0 Å². The van der Waals surface area contributed by atoms with Crippen LogP contribution < -0.4 is 9.47 Å². The van der Waals surface area contributed by atoms with Crippen molar-refractivity contribution >= 4 is 33.1 Å². The summed E-state index contributed by atoms with van der Waals surface area (Å²) >= 11 is 0. The maximum absolute atomic E-state index is 11.6. The van der Waals surface area contributed by atoms with Gasteiger partial charge in [-0.2, -0.15) is 0 Å². The summed E-state index contributed by atoms with van der Waals surface area (Å²) in [5.74, 6) is 1.09. The van der Waals surface area contributed by atoms with Crippen LogP contribution in [0, 0.1) is 16.2 Å². The Bertz CT molecular complexity index is 3110. The van der Waals surface area contributed by atoms with Crippen LogP contribution in [0.25, 0.3) is 78.0 Å². The summed E-state index contributed by atoms with van der Waals surface area (Å²) in [5.41, 5.74) is 12.1. The van der Waals surface area contributed by atoms with Gasteiger partial charge in [-0.3, -0.25) is 10.2 Å². The fraction of sp³-hybridized carbons (Fsp3) is 0.291. The molecule has 1 fully saturated rings. The Labute approximate surface area is 363 Å². The number of furan rings is 2. The minimum Gasteiger partial charge on any atom is -0.455 e. The number of ether oxygens (including phenoxy) is 1. The Hall–Kier alpha value is -6.47. The van der Waals surface area contributed by atoms with E-state index in [1.807, 2.05) is 48.7 Å². The molecule has 62 heavy (non-hydrogen) atoms. The predicted molar refractivity (Wildman–Crippen MR) is 248 cm³/mol. The molecule has 0 aliphatic heterocycles. The molecule has 0 unspecified atom stereocenters. The second kappa shape index (κ2) is 14.0. The largest absolute Gasteiger partial charge is 0.455 e. The number of pyridine rings is 3. The van der Waals surface area contributed by atoms with E-state index in [1.165, 1.54) is 10.3 Å². The molecule has 7 nitrogen and oxygen atoms in total. The Morgan fingerprint density at radius 2 is 1.31 bits per heavy atom. The highest BCUT2D eigenvalue weighted by molar-refractivity contribution is 6.24. The molecule has 0 spiro atoms. The van der Waals surface area contributed by atoms with Gasteiger partial charge in [0, 0.05) is 34.7 Å². The normalized spacial score (nSPS) is 16.4. The number of rotatable bonds is 7. The Morgan fingerprint density at radius 1 is 0.661 bits per heavy atom. The van der Waals surface area contributed by atoms with Crippen LogP contribution in [0.5, 0.6) is 11.6 Å². The van der Waals surface area contributed by atoms with Crippen molar-refractivity contribution in [2.24, 2.45) is 16.2 Å². The first kappa shape index (κ1) is 39.7. The van der Waals surface area contributed by atoms with E-state index >= 15 is 0 Å². The highest BCUT2D eigenvalue weighted by Gasteiger charge is 2.51. The third-order valence-electron chi connectivity index (χ3n) is 13.1. The summed E-state index contributed by atoms with van der Waals surface area (Å²) in [6.07, 6.45) is 5.81. The van der Waals surface area contributed by atoms with Crippen LogP contribution in [0.4, 0.5) is 0 Å². The molecule has 5 aromatic heterocycles. The van der Waals surface area contributed by atoms with Gasteiger partial charge in [0.25, 0.3) is 5.69 Å². The lowest BCUT2D eigenvalue weighted by molar-refractivity contribution is -0.896. The zero-order valence-corrected chi connectivity index (χ0v) is 37.1. The summed E-state index contributed by atoms with van der Waals surface area (Å²) in [4.78, 5) is 10.0. The molecule has 0 saturated heterocycles. The molecular formula is C55H54N3O4+. The van der Waals surface area contributed by atoms with Crippen LogP contribution in [-0.4, -0.2) is 15.2 Å². The first-order valence-electron chi connectivity index (χ1n) is 21.7. The highest BCUT2D eigenvalue weighted by Crippen LogP contribution is 2.61. The molecule has 10 rings (SSSR count). The fourth-order valence-electron chi connectivity index (χ4n) is 11.5. The lowest BCUT2D eigenvalue weighted by atomic mass is 9.49. The predicted octanol–water partition coefficient (Wildman–Crippen LogP) is 14.8. The summed E-state index contributed by atoms with van der Waals surface area (Å²) in [7, 11) is 0. The molecule has 0 radical (unpaired) electrons. The summed E-state index contributed by atoms with van der Waals surface area (Å²) in [6, 6.07) is 39.1. The van der Waals surface area contributed by atoms with Gasteiger partial charge < -0.3 is 13.6 Å². The second-order valence-corrected chi connectivity index (χ2v) is 20.7. The van der Waals surface area contributed by atoms with E-state index in [0.29, 0.717) is 39.8 Å². The van der Waals surface area contributed by atoms with Crippen molar-refractivity contribution in [3.8, 4) is 56.5 Å². The van der Waals surface area contributed by atoms with E-state index < -0.39 is 0 Å². The average molecular weight is 821 g/mol. The molecule has 1 N–H and O–H groups in total. The average Bonchev–Trinajstić information content (AvgIpc) is 3.82. The van der Waals surface area contributed by atoms with Crippen molar-refractivity contribution in [1.29, 1.82) is 0 Å². The molecule has 312 valence electrons. The SMILES string of the molecule is CC1(C)CC(C)(C)C(c2cc[n+](O)c(-c3cc(-c4ccc(-c5ccccc5)cc4)cc(Oc4cc(-c5cc(C(C)(C)C)ccn5)c5oc6cccc7oc4c5c76)n3)c2)C(C)(C)C1. The van der Waals surface area contributed by atoms with Gasteiger partial charge in [0.2, 0.25) is 12.1 Å². The minimum absolute atomic E-state index is 0.0184. The highest BCUT2D eigenvalue weighted by atomic mass is 16.5. The van der Waals surface area contributed by atoms with E-state index in [2.05, 4.69) is 135 Å². The maximum Gasteiger partial charge on any atom is 0.283 e. The van der Waals surface area contributed by atoms with Crippen molar-refractivity contribution in [3.05, 3.63) is 139 Å². The summed E-state index contributed by atoms with van der Waals surface area (Å²) in [6.45, 7) is 20.9. The van der Waals surface area contributed by atoms with E-state index in [0.717, 1.165) is 68.3 Å². The second-order valence-electron chi connectivity index (χ2n) is 20.7. The lowest BCUT2D eigenvalue weighted by Gasteiger charge is -2.55. The van der Waals surface area contributed by atoms with Crippen molar-refractivity contribution in [3.63, 3.8) is 0 Å². The summed E-state index contributed by atoms with van der Waals surface area (Å²) in [5, 5.41) is 13.4. The third-order valence-corrected chi connectivity index (χ3v) is 13.1. The summed E-state index contributed by atoms with van der Waals surface area (Å²) < 4.78 is 21.3. The number of benzene rings is 4. The molecule has 9 aromatic rings. The van der Waals surface area contributed by atoms with Gasteiger partial charge in [-0.15, -0.1) is 0 Å². The number of aromatic nitrogens is 3. The van der Waals surface area contributed by atoms with E-state index in [4.69, 9.17) is 23.5 Å². The minimum atomic E-state index is -0.0891. The van der Waals surface area contributed by atoms with Crippen molar-refractivity contribution < 1.29 is 23.5 Å². The van der Waals surface area contributed by atoms with Crippen LogP contribution in [0.2, 0.25) is 0 Å². The van der Waals surface area contributed by atoms with Gasteiger partial charge in [-0.05, 0) is 110 Å². The fourth-order valence-corrected chi connectivity index (χ4v) is 11.5. The van der Waals surface area contributed by atoms with Gasteiger partial charge in [0.15, 0.2) is 11.3 Å². The Kier molecular flexibility index (Phi) is 8.97.